The second kappa shape index (κ2) is 4.97. The van der Waals surface area contributed by atoms with Crippen molar-refractivity contribution in [2.24, 2.45) is 11.3 Å². The van der Waals surface area contributed by atoms with Crippen LogP contribution in [-0.2, 0) is 9.59 Å². The fourth-order valence-corrected chi connectivity index (χ4v) is 1.87. The zero-order valence-electron chi connectivity index (χ0n) is 9.32. The molecule has 0 heterocycles. The summed E-state index contributed by atoms with van der Waals surface area (Å²) in [7, 11) is 0. The van der Waals surface area contributed by atoms with Gasteiger partial charge in [-0.15, -0.1) is 0 Å². The van der Waals surface area contributed by atoms with Crippen molar-refractivity contribution < 1.29 is 14.7 Å². The van der Waals surface area contributed by atoms with Gasteiger partial charge in [0.2, 0.25) is 5.91 Å². The Balaban J connectivity index is 2.52. The lowest BCUT2D eigenvalue weighted by Gasteiger charge is -2.19. The van der Waals surface area contributed by atoms with Crippen LogP contribution >= 0.6 is 0 Å². The van der Waals surface area contributed by atoms with Gasteiger partial charge in [0.15, 0.2) is 0 Å². The molecule has 0 aromatic heterocycles. The summed E-state index contributed by atoms with van der Waals surface area (Å²) in [4.78, 5) is 22.4. The Hall–Kier alpha value is -1.57. The Labute approximate surface area is 94.4 Å². The molecule has 1 aliphatic rings. The van der Waals surface area contributed by atoms with Gasteiger partial charge in [-0.2, -0.15) is 5.26 Å². The van der Waals surface area contributed by atoms with Gasteiger partial charge in [-0.3, -0.25) is 9.59 Å². The fourth-order valence-electron chi connectivity index (χ4n) is 1.87. The van der Waals surface area contributed by atoms with E-state index in [0.29, 0.717) is 12.8 Å². The van der Waals surface area contributed by atoms with Crippen molar-refractivity contribution in [1.29, 1.82) is 5.26 Å². The predicted octanol–water partition coefficient (Wildman–Crippen LogP) is 0.907. The molecule has 1 rings (SSSR count). The number of hydrogen-bond donors (Lipinski definition) is 2. The van der Waals surface area contributed by atoms with Crippen molar-refractivity contribution in [1.82, 2.24) is 5.32 Å². The van der Waals surface area contributed by atoms with Gasteiger partial charge in [0.1, 0.15) is 5.41 Å². The van der Waals surface area contributed by atoms with Gasteiger partial charge in [0, 0.05) is 6.54 Å². The molecule has 16 heavy (non-hydrogen) atoms. The highest BCUT2D eigenvalue weighted by molar-refractivity contribution is 5.86. The third-order valence-corrected chi connectivity index (χ3v) is 3.10. The van der Waals surface area contributed by atoms with E-state index in [1.165, 1.54) is 6.92 Å². The van der Waals surface area contributed by atoms with Gasteiger partial charge >= 0.3 is 5.97 Å². The lowest BCUT2D eigenvalue weighted by Crippen LogP contribution is -2.41. The molecule has 2 N–H and O–H groups in total. The van der Waals surface area contributed by atoms with Crippen molar-refractivity contribution in [2.75, 3.05) is 6.54 Å². The maximum Gasteiger partial charge on any atom is 0.308 e. The first-order chi connectivity index (χ1) is 7.52. The zero-order valence-corrected chi connectivity index (χ0v) is 9.32. The lowest BCUT2D eigenvalue weighted by atomic mass is 9.87. The van der Waals surface area contributed by atoms with E-state index in [1.54, 1.807) is 0 Å². The van der Waals surface area contributed by atoms with Crippen LogP contribution < -0.4 is 5.32 Å². The Morgan fingerprint density at radius 1 is 1.50 bits per heavy atom. The molecule has 1 atom stereocenters. The number of carbonyl (C=O) groups is 2. The van der Waals surface area contributed by atoms with E-state index in [0.717, 1.165) is 12.8 Å². The normalized spacial score (nSPS) is 19.8. The summed E-state index contributed by atoms with van der Waals surface area (Å²) in [6.07, 6.45) is 2.93. The molecular weight excluding hydrogens is 208 g/mol. The summed E-state index contributed by atoms with van der Waals surface area (Å²) < 4.78 is 0. The van der Waals surface area contributed by atoms with Crippen LogP contribution in [-0.4, -0.2) is 23.5 Å². The molecule has 0 aliphatic heterocycles. The van der Waals surface area contributed by atoms with E-state index in [-0.39, 0.29) is 12.5 Å². The van der Waals surface area contributed by atoms with E-state index in [1.807, 2.05) is 0 Å². The van der Waals surface area contributed by atoms with E-state index in [4.69, 9.17) is 10.4 Å². The number of rotatable bonds is 4. The van der Waals surface area contributed by atoms with Crippen LogP contribution in [0.25, 0.3) is 0 Å². The Morgan fingerprint density at radius 3 is 2.50 bits per heavy atom. The molecule has 0 radical (unpaired) electrons. The standard InChI is InChI=1S/C11H16N2O3/c1-8(9(14)15)6-13-10(16)11(7-12)4-2-3-5-11/h8H,2-6H2,1H3,(H,13,16)(H,14,15). The summed E-state index contributed by atoms with van der Waals surface area (Å²) in [6.45, 7) is 1.61. The van der Waals surface area contributed by atoms with Crippen LogP contribution in [0, 0.1) is 22.7 Å². The highest BCUT2D eigenvalue weighted by Gasteiger charge is 2.41. The lowest BCUT2D eigenvalue weighted by molar-refractivity contribution is -0.141. The molecular formula is C11H16N2O3. The van der Waals surface area contributed by atoms with Gasteiger partial charge in [0.05, 0.1) is 12.0 Å². The molecule has 5 heteroatoms. The molecule has 0 bridgehead atoms. The van der Waals surface area contributed by atoms with Gasteiger partial charge < -0.3 is 10.4 Å². The Bertz CT molecular complexity index is 327. The zero-order chi connectivity index (χ0) is 12.2. The number of aliphatic carboxylic acids is 1. The van der Waals surface area contributed by atoms with Gasteiger partial charge in [-0.05, 0) is 12.8 Å². The highest BCUT2D eigenvalue weighted by atomic mass is 16.4. The molecule has 1 saturated carbocycles. The van der Waals surface area contributed by atoms with Crippen LogP contribution in [0.3, 0.4) is 0 Å². The monoisotopic (exact) mass is 224 g/mol. The number of carboxylic acid groups (broad SMARTS) is 1. The number of nitrogens with one attached hydrogen (secondary N) is 1. The first-order valence-electron chi connectivity index (χ1n) is 5.44. The van der Waals surface area contributed by atoms with Crippen LogP contribution in [0.2, 0.25) is 0 Å². The van der Waals surface area contributed by atoms with E-state index >= 15 is 0 Å². The maximum atomic E-state index is 11.8. The summed E-state index contributed by atoms with van der Waals surface area (Å²) in [5, 5.41) is 20.3. The maximum absolute atomic E-state index is 11.8. The molecule has 1 amide bonds. The topological polar surface area (TPSA) is 90.2 Å². The van der Waals surface area contributed by atoms with Crippen LogP contribution in [0.4, 0.5) is 0 Å². The number of carbonyl (C=O) groups excluding carboxylic acids is 1. The molecule has 0 spiro atoms. The molecule has 0 aromatic carbocycles. The average Bonchev–Trinajstić information content (AvgIpc) is 2.74. The van der Waals surface area contributed by atoms with Crippen LogP contribution in [0.15, 0.2) is 0 Å². The minimum absolute atomic E-state index is 0.0809. The van der Waals surface area contributed by atoms with Crippen molar-refractivity contribution in [2.45, 2.75) is 32.6 Å². The molecule has 5 nitrogen and oxygen atoms in total. The SMILES string of the molecule is CC(CNC(=O)C1(C#N)CCCC1)C(=O)O. The average molecular weight is 224 g/mol. The number of amides is 1. The van der Waals surface area contributed by atoms with Crippen molar-refractivity contribution >= 4 is 11.9 Å². The van der Waals surface area contributed by atoms with Crippen molar-refractivity contribution in [3.05, 3.63) is 0 Å². The van der Waals surface area contributed by atoms with Gasteiger partial charge in [0.25, 0.3) is 0 Å². The summed E-state index contributed by atoms with van der Waals surface area (Å²) in [6, 6.07) is 2.07. The minimum Gasteiger partial charge on any atom is -0.481 e. The number of nitrogens with zero attached hydrogens (tertiary/aromatic N) is 1. The Morgan fingerprint density at radius 2 is 2.06 bits per heavy atom. The quantitative estimate of drug-likeness (QED) is 0.742. The van der Waals surface area contributed by atoms with Gasteiger partial charge in [-0.25, -0.2) is 0 Å². The molecule has 0 saturated heterocycles. The van der Waals surface area contributed by atoms with E-state index in [9.17, 15) is 9.59 Å². The smallest absolute Gasteiger partial charge is 0.308 e. The molecule has 1 aliphatic carbocycles. The predicted molar refractivity (Wildman–Crippen MR) is 56.3 cm³/mol. The molecule has 1 unspecified atom stereocenters. The summed E-state index contributed by atoms with van der Waals surface area (Å²) >= 11 is 0. The van der Waals surface area contributed by atoms with Crippen LogP contribution in [0.5, 0.6) is 0 Å². The Kier molecular flexibility index (Phi) is 3.88. The molecule has 88 valence electrons. The molecule has 0 aromatic rings. The number of carboxylic acids is 1. The number of hydrogen-bond acceptors (Lipinski definition) is 3. The third kappa shape index (κ3) is 2.51. The van der Waals surface area contributed by atoms with Gasteiger partial charge in [-0.1, -0.05) is 19.8 Å². The second-order valence-electron chi connectivity index (χ2n) is 4.35. The molecule has 1 fully saturated rings. The summed E-state index contributed by atoms with van der Waals surface area (Å²) in [5.41, 5.74) is -0.918. The summed E-state index contributed by atoms with van der Waals surface area (Å²) in [5.74, 6) is -1.89. The third-order valence-electron chi connectivity index (χ3n) is 3.10. The highest BCUT2D eigenvalue weighted by Crippen LogP contribution is 2.37. The largest absolute Gasteiger partial charge is 0.481 e. The van der Waals surface area contributed by atoms with Crippen LogP contribution in [0.1, 0.15) is 32.6 Å². The van der Waals surface area contributed by atoms with E-state index in [2.05, 4.69) is 11.4 Å². The van der Waals surface area contributed by atoms with Crippen molar-refractivity contribution in [3.63, 3.8) is 0 Å². The van der Waals surface area contributed by atoms with Crippen molar-refractivity contribution in [3.8, 4) is 6.07 Å². The van der Waals surface area contributed by atoms with E-state index < -0.39 is 17.3 Å². The number of nitriles is 1. The first kappa shape index (κ1) is 12.5. The second-order valence-corrected chi connectivity index (χ2v) is 4.35. The first-order valence-corrected chi connectivity index (χ1v) is 5.44. The minimum atomic E-state index is -0.947. The fraction of sp³-hybridized carbons (Fsp3) is 0.727.